The number of nitrogens with zero attached hydrogens (tertiary/aromatic N) is 2. The first-order chi connectivity index (χ1) is 14.1. The standard InChI is InChI=1S/C19H20Cl4N2O5/c1-11(26)8-13(24-4-6-29-7-5-24)10-15-14-9-12(20)2-3-16(14)30-18(19(21,22)23)17(15)25(27)28/h2-3,8-9,15,17-18H,4-7,10H2,1H3/b13-8+/t15-,17+,18-/m0/s1. The molecule has 0 saturated carbocycles. The number of benzene rings is 1. The van der Waals surface area contributed by atoms with E-state index >= 15 is 0 Å². The van der Waals surface area contributed by atoms with E-state index in [0.717, 1.165) is 0 Å². The lowest BCUT2D eigenvalue weighted by Gasteiger charge is -2.39. The fourth-order valence-corrected chi connectivity index (χ4v) is 4.56. The average molecular weight is 498 g/mol. The van der Waals surface area contributed by atoms with Gasteiger partial charge in [-0.15, -0.1) is 0 Å². The number of rotatable bonds is 5. The minimum Gasteiger partial charge on any atom is -0.478 e. The topological polar surface area (TPSA) is 81.9 Å². The molecule has 0 amide bonds. The number of carbonyl (C=O) groups excluding carboxylic acids is 1. The summed E-state index contributed by atoms with van der Waals surface area (Å²) in [5, 5.41) is 12.5. The number of fused-ring (bicyclic) bond motifs is 1. The van der Waals surface area contributed by atoms with Crippen molar-refractivity contribution in [2.75, 3.05) is 26.3 Å². The Bertz CT molecular complexity index is 852. The molecule has 7 nitrogen and oxygen atoms in total. The Morgan fingerprint density at radius 1 is 1.33 bits per heavy atom. The van der Waals surface area contributed by atoms with Gasteiger partial charge in [0.25, 0.3) is 6.04 Å². The van der Waals surface area contributed by atoms with Crippen LogP contribution in [-0.4, -0.2) is 57.8 Å². The highest BCUT2D eigenvalue weighted by molar-refractivity contribution is 6.68. The van der Waals surface area contributed by atoms with Gasteiger partial charge in [-0.05, 0) is 31.2 Å². The van der Waals surface area contributed by atoms with Crippen LogP contribution in [0.4, 0.5) is 0 Å². The molecule has 3 rings (SSSR count). The molecule has 0 radical (unpaired) electrons. The largest absolute Gasteiger partial charge is 0.478 e. The van der Waals surface area contributed by atoms with Gasteiger partial charge in [-0.3, -0.25) is 14.9 Å². The highest BCUT2D eigenvalue weighted by atomic mass is 35.6. The second kappa shape index (κ2) is 9.49. The van der Waals surface area contributed by atoms with Gasteiger partial charge in [-0.25, -0.2) is 0 Å². The number of halogens is 4. The molecule has 2 heterocycles. The lowest BCUT2D eigenvalue weighted by Crippen LogP contribution is -2.52. The number of hydrogen-bond acceptors (Lipinski definition) is 6. The van der Waals surface area contributed by atoms with Crippen LogP contribution in [0, 0.1) is 10.1 Å². The van der Waals surface area contributed by atoms with Crippen LogP contribution in [0.25, 0.3) is 0 Å². The second-order valence-electron chi connectivity index (χ2n) is 7.19. The van der Waals surface area contributed by atoms with E-state index in [2.05, 4.69) is 0 Å². The zero-order valence-electron chi connectivity index (χ0n) is 16.0. The van der Waals surface area contributed by atoms with E-state index in [0.29, 0.717) is 48.3 Å². The molecule has 164 valence electrons. The van der Waals surface area contributed by atoms with E-state index in [9.17, 15) is 14.9 Å². The van der Waals surface area contributed by atoms with Gasteiger partial charge in [-0.2, -0.15) is 0 Å². The Kier molecular flexibility index (Phi) is 7.40. The Morgan fingerprint density at radius 2 is 2.00 bits per heavy atom. The average Bonchev–Trinajstić information content (AvgIpc) is 2.66. The molecule has 0 unspecified atom stereocenters. The first-order valence-corrected chi connectivity index (χ1v) is 10.8. The predicted octanol–water partition coefficient (Wildman–Crippen LogP) is 4.40. The van der Waals surface area contributed by atoms with Crippen LogP contribution in [0.15, 0.2) is 30.0 Å². The van der Waals surface area contributed by atoms with Gasteiger partial charge in [0, 0.05) is 40.7 Å². The third-order valence-electron chi connectivity index (χ3n) is 5.13. The summed E-state index contributed by atoms with van der Waals surface area (Å²) in [6.07, 6.45) is 0.352. The molecule has 30 heavy (non-hydrogen) atoms. The number of morpholine rings is 1. The first-order valence-electron chi connectivity index (χ1n) is 9.28. The van der Waals surface area contributed by atoms with E-state index in [1.165, 1.54) is 13.0 Å². The zero-order chi connectivity index (χ0) is 22.1. The van der Waals surface area contributed by atoms with Crippen molar-refractivity contribution in [1.29, 1.82) is 0 Å². The van der Waals surface area contributed by atoms with Crippen molar-refractivity contribution in [3.8, 4) is 5.75 Å². The summed E-state index contributed by atoms with van der Waals surface area (Å²) in [6.45, 7) is 3.58. The van der Waals surface area contributed by atoms with Crippen molar-refractivity contribution < 1.29 is 19.2 Å². The summed E-state index contributed by atoms with van der Waals surface area (Å²) in [7, 11) is 0. The van der Waals surface area contributed by atoms with Gasteiger partial charge in [0.1, 0.15) is 5.75 Å². The number of alkyl halides is 3. The van der Waals surface area contributed by atoms with E-state index in [-0.39, 0.29) is 12.2 Å². The van der Waals surface area contributed by atoms with Crippen molar-refractivity contribution >= 4 is 52.2 Å². The molecular formula is C19H20Cl4N2O5. The lowest BCUT2D eigenvalue weighted by atomic mass is 9.82. The molecule has 1 aromatic carbocycles. The highest BCUT2D eigenvalue weighted by Crippen LogP contribution is 2.48. The summed E-state index contributed by atoms with van der Waals surface area (Å²) >= 11 is 24.4. The van der Waals surface area contributed by atoms with Crippen molar-refractivity contribution in [2.45, 2.75) is 35.2 Å². The molecule has 0 spiro atoms. The van der Waals surface area contributed by atoms with E-state index in [4.69, 9.17) is 55.9 Å². The fraction of sp³-hybridized carbons (Fsp3) is 0.526. The van der Waals surface area contributed by atoms with Gasteiger partial charge in [0.15, 0.2) is 5.78 Å². The Balaban J connectivity index is 2.08. The maximum atomic E-state index is 12.1. The predicted molar refractivity (Wildman–Crippen MR) is 115 cm³/mol. The fourth-order valence-electron chi connectivity index (χ4n) is 3.86. The normalized spacial score (nSPS) is 24.8. The SMILES string of the molecule is CC(=O)/C=C(\C[C@H]1c2cc(Cl)ccc2O[C@H](C(Cl)(Cl)Cl)[C@@H]1[N+](=O)[O-])N1CCOCC1. The van der Waals surface area contributed by atoms with Crippen LogP contribution in [0.3, 0.4) is 0 Å². The second-order valence-corrected chi connectivity index (χ2v) is 10.00. The number of nitro groups is 1. The van der Waals surface area contributed by atoms with Gasteiger partial charge >= 0.3 is 0 Å². The first kappa shape index (κ1) is 23.4. The Labute approximate surface area is 193 Å². The zero-order valence-corrected chi connectivity index (χ0v) is 19.0. The Hall–Kier alpha value is -1.25. The van der Waals surface area contributed by atoms with Gasteiger partial charge in [0.05, 0.1) is 19.1 Å². The van der Waals surface area contributed by atoms with E-state index in [1.54, 1.807) is 18.2 Å². The minimum atomic E-state index is -2.03. The minimum absolute atomic E-state index is 0.162. The maximum absolute atomic E-state index is 12.1. The van der Waals surface area contributed by atoms with E-state index in [1.807, 2.05) is 4.90 Å². The van der Waals surface area contributed by atoms with E-state index < -0.39 is 26.8 Å². The monoisotopic (exact) mass is 496 g/mol. The maximum Gasteiger partial charge on any atom is 0.260 e. The summed E-state index contributed by atoms with van der Waals surface area (Å²) < 4.78 is 9.10. The molecule has 3 atom stereocenters. The van der Waals surface area contributed by atoms with Crippen LogP contribution in [0.1, 0.15) is 24.8 Å². The number of ether oxygens (including phenoxy) is 2. The smallest absolute Gasteiger partial charge is 0.260 e. The molecule has 0 aromatic heterocycles. The summed E-state index contributed by atoms with van der Waals surface area (Å²) in [4.78, 5) is 25.5. The van der Waals surface area contributed by atoms with Gasteiger partial charge in [-0.1, -0.05) is 46.4 Å². The molecular weight excluding hydrogens is 478 g/mol. The quantitative estimate of drug-likeness (QED) is 0.259. The van der Waals surface area contributed by atoms with Crippen molar-refractivity contribution in [3.05, 3.63) is 50.7 Å². The third kappa shape index (κ3) is 5.32. The Morgan fingerprint density at radius 3 is 2.57 bits per heavy atom. The van der Waals surface area contributed by atoms with Crippen molar-refractivity contribution in [3.63, 3.8) is 0 Å². The molecule has 0 N–H and O–H groups in total. The van der Waals surface area contributed by atoms with Crippen LogP contribution < -0.4 is 4.74 Å². The number of carbonyl (C=O) groups is 1. The van der Waals surface area contributed by atoms with Crippen LogP contribution in [-0.2, 0) is 9.53 Å². The molecule has 1 saturated heterocycles. The number of allylic oxidation sites excluding steroid dienone is 2. The highest BCUT2D eigenvalue weighted by Gasteiger charge is 2.55. The summed E-state index contributed by atoms with van der Waals surface area (Å²) in [5.41, 5.74) is 1.20. The van der Waals surface area contributed by atoms with Crippen LogP contribution in [0.5, 0.6) is 5.75 Å². The van der Waals surface area contributed by atoms with Crippen LogP contribution in [0.2, 0.25) is 5.02 Å². The molecule has 0 bridgehead atoms. The molecule has 2 aliphatic rings. The summed E-state index contributed by atoms with van der Waals surface area (Å²) in [6, 6.07) is 3.47. The van der Waals surface area contributed by atoms with Crippen molar-refractivity contribution in [1.82, 2.24) is 4.90 Å². The van der Waals surface area contributed by atoms with Gasteiger partial charge in [0.2, 0.25) is 9.90 Å². The number of ketones is 1. The molecule has 11 heteroatoms. The molecule has 0 aliphatic carbocycles. The van der Waals surface area contributed by atoms with Gasteiger partial charge < -0.3 is 14.4 Å². The van der Waals surface area contributed by atoms with Crippen molar-refractivity contribution in [2.24, 2.45) is 0 Å². The molecule has 1 aromatic rings. The summed E-state index contributed by atoms with van der Waals surface area (Å²) in [5.74, 6) is -0.523. The molecule has 2 aliphatic heterocycles. The lowest BCUT2D eigenvalue weighted by molar-refractivity contribution is -0.538. The third-order valence-corrected chi connectivity index (χ3v) is 6.01. The molecule has 1 fully saturated rings. The number of hydrogen-bond donors (Lipinski definition) is 0. The van der Waals surface area contributed by atoms with Crippen LogP contribution >= 0.6 is 46.4 Å².